The fourth-order valence-corrected chi connectivity index (χ4v) is 4.41. The lowest BCUT2D eigenvalue weighted by Crippen LogP contribution is -2.60. The number of piperidine rings is 1. The van der Waals surface area contributed by atoms with E-state index in [2.05, 4.69) is 53.6 Å². The van der Waals surface area contributed by atoms with Gasteiger partial charge in [-0.3, -0.25) is 10.1 Å². The standard InChI is InChI=1S/C22H30N6O4/c1-6-32-20(29)14-7-9-15(10-8-14)25-18-17(28(30)31)19(24-13-23-18)26-16-11-21(2,3)27-22(4,5)12-16/h7-10,13,16,27H,6,11-12H2,1-5H3,(H2,23,24,25,26). The fraction of sp³-hybridized carbons (Fsp3) is 0.500. The number of ether oxygens (including phenoxy) is 1. The zero-order valence-corrected chi connectivity index (χ0v) is 19.1. The van der Waals surface area contributed by atoms with Crippen LogP contribution in [0.2, 0.25) is 0 Å². The smallest absolute Gasteiger partial charge is 0.353 e. The van der Waals surface area contributed by atoms with Crippen LogP contribution < -0.4 is 16.0 Å². The lowest BCUT2D eigenvalue weighted by atomic mass is 9.79. The van der Waals surface area contributed by atoms with Gasteiger partial charge in [-0.15, -0.1) is 0 Å². The van der Waals surface area contributed by atoms with E-state index in [0.717, 1.165) is 12.8 Å². The maximum absolute atomic E-state index is 11.9. The molecular formula is C22H30N6O4. The summed E-state index contributed by atoms with van der Waals surface area (Å²) in [7, 11) is 0. The number of aromatic nitrogens is 2. The minimum Gasteiger partial charge on any atom is -0.462 e. The Hall–Kier alpha value is -3.27. The van der Waals surface area contributed by atoms with E-state index in [1.807, 2.05) is 0 Å². The largest absolute Gasteiger partial charge is 0.462 e. The van der Waals surface area contributed by atoms with Gasteiger partial charge in [0.2, 0.25) is 11.6 Å². The van der Waals surface area contributed by atoms with Crippen molar-refractivity contribution in [3.63, 3.8) is 0 Å². The molecule has 1 aliphatic rings. The third-order valence-corrected chi connectivity index (χ3v) is 5.19. The van der Waals surface area contributed by atoms with Gasteiger partial charge in [0.25, 0.3) is 0 Å². The number of nitrogens with one attached hydrogen (secondary N) is 3. The van der Waals surface area contributed by atoms with Crippen LogP contribution in [0.3, 0.4) is 0 Å². The maximum atomic E-state index is 11.9. The number of nitro groups is 1. The van der Waals surface area contributed by atoms with Gasteiger partial charge in [0, 0.05) is 22.8 Å². The summed E-state index contributed by atoms with van der Waals surface area (Å²) in [5.74, 6) is -0.177. The van der Waals surface area contributed by atoms with Crippen LogP contribution in [0.4, 0.5) is 23.0 Å². The lowest BCUT2D eigenvalue weighted by Gasteiger charge is -2.46. The van der Waals surface area contributed by atoms with E-state index in [1.54, 1.807) is 31.2 Å². The first-order chi connectivity index (χ1) is 15.0. The second-order valence-corrected chi connectivity index (χ2v) is 9.24. The molecule has 0 amide bonds. The van der Waals surface area contributed by atoms with Crippen LogP contribution in [0.1, 0.15) is 57.8 Å². The molecule has 3 N–H and O–H groups in total. The quantitative estimate of drug-likeness (QED) is 0.330. The van der Waals surface area contributed by atoms with Crippen molar-refractivity contribution in [2.75, 3.05) is 17.2 Å². The third kappa shape index (κ3) is 5.70. The van der Waals surface area contributed by atoms with Gasteiger partial charge in [0.15, 0.2) is 0 Å². The van der Waals surface area contributed by atoms with Crippen LogP contribution in [0.25, 0.3) is 0 Å². The van der Waals surface area contributed by atoms with E-state index in [9.17, 15) is 14.9 Å². The number of carbonyl (C=O) groups excluding carboxylic acids is 1. The minimum atomic E-state index is -0.491. The fourth-order valence-electron chi connectivity index (χ4n) is 4.41. The molecular weight excluding hydrogens is 412 g/mol. The first-order valence-electron chi connectivity index (χ1n) is 10.6. The van der Waals surface area contributed by atoms with Crippen LogP contribution in [0.5, 0.6) is 0 Å². The summed E-state index contributed by atoms with van der Waals surface area (Å²) in [6, 6.07) is 6.47. The first kappa shape index (κ1) is 23.4. The zero-order chi connectivity index (χ0) is 23.5. The number of nitrogens with zero attached hydrogens (tertiary/aromatic N) is 3. The highest BCUT2D eigenvalue weighted by Gasteiger charge is 2.38. The van der Waals surface area contributed by atoms with Gasteiger partial charge in [-0.1, -0.05) is 0 Å². The van der Waals surface area contributed by atoms with Crippen molar-refractivity contribution in [2.24, 2.45) is 0 Å². The number of esters is 1. The van der Waals surface area contributed by atoms with E-state index in [-0.39, 0.29) is 41.0 Å². The molecule has 0 radical (unpaired) electrons. The van der Waals surface area contributed by atoms with Crippen molar-refractivity contribution in [1.29, 1.82) is 0 Å². The molecule has 10 nitrogen and oxygen atoms in total. The maximum Gasteiger partial charge on any atom is 0.353 e. The molecule has 0 aliphatic carbocycles. The predicted octanol–water partition coefficient (Wildman–Crippen LogP) is 4.03. The van der Waals surface area contributed by atoms with Crippen molar-refractivity contribution in [3.05, 3.63) is 46.3 Å². The van der Waals surface area contributed by atoms with E-state index in [1.165, 1.54) is 6.33 Å². The topological polar surface area (TPSA) is 131 Å². The Bertz CT molecular complexity index is 974. The lowest BCUT2D eigenvalue weighted by molar-refractivity contribution is -0.383. The monoisotopic (exact) mass is 442 g/mol. The Balaban J connectivity index is 1.84. The number of carbonyl (C=O) groups is 1. The van der Waals surface area contributed by atoms with Crippen molar-refractivity contribution in [1.82, 2.24) is 15.3 Å². The van der Waals surface area contributed by atoms with E-state index in [4.69, 9.17) is 4.74 Å². The number of anilines is 3. The van der Waals surface area contributed by atoms with E-state index < -0.39 is 10.9 Å². The van der Waals surface area contributed by atoms with Crippen LogP contribution in [-0.2, 0) is 4.74 Å². The molecule has 0 bridgehead atoms. The van der Waals surface area contributed by atoms with Gasteiger partial charge in [0.1, 0.15) is 6.33 Å². The van der Waals surface area contributed by atoms with Crippen molar-refractivity contribution in [3.8, 4) is 0 Å². The van der Waals surface area contributed by atoms with Crippen molar-refractivity contribution < 1.29 is 14.5 Å². The zero-order valence-electron chi connectivity index (χ0n) is 19.1. The van der Waals surface area contributed by atoms with Gasteiger partial charge >= 0.3 is 11.7 Å². The van der Waals surface area contributed by atoms with Crippen LogP contribution in [0, 0.1) is 10.1 Å². The molecule has 10 heteroatoms. The Kier molecular flexibility index (Phi) is 6.63. The van der Waals surface area contributed by atoms with Crippen LogP contribution in [-0.4, -0.2) is 44.6 Å². The number of hydrogen-bond acceptors (Lipinski definition) is 9. The van der Waals surface area contributed by atoms with Gasteiger partial charge < -0.3 is 20.7 Å². The van der Waals surface area contributed by atoms with Gasteiger partial charge in [0.05, 0.1) is 17.1 Å². The second kappa shape index (κ2) is 9.07. The van der Waals surface area contributed by atoms with Crippen molar-refractivity contribution in [2.45, 2.75) is 64.6 Å². The van der Waals surface area contributed by atoms with Gasteiger partial charge in [-0.2, -0.15) is 0 Å². The van der Waals surface area contributed by atoms with E-state index >= 15 is 0 Å². The molecule has 3 rings (SSSR count). The second-order valence-electron chi connectivity index (χ2n) is 9.24. The van der Waals surface area contributed by atoms with Crippen LogP contribution in [0.15, 0.2) is 30.6 Å². The predicted molar refractivity (Wildman–Crippen MR) is 122 cm³/mol. The summed E-state index contributed by atoms with van der Waals surface area (Å²) in [5.41, 5.74) is 0.477. The molecule has 172 valence electrons. The summed E-state index contributed by atoms with van der Waals surface area (Å²) in [6.07, 6.45) is 2.87. The molecule has 0 atom stereocenters. The molecule has 1 aromatic carbocycles. The van der Waals surface area contributed by atoms with Gasteiger partial charge in [-0.25, -0.2) is 14.8 Å². The molecule has 0 saturated carbocycles. The normalized spacial score (nSPS) is 17.4. The van der Waals surface area contributed by atoms with Gasteiger partial charge in [-0.05, 0) is 71.7 Å². The average molecular weight is 443 g/mol. The summed E-state index contributed by atoms with van der Waals surface area (Å²) < 4.78 is 4.97. The summed E-state index contributed by atoms with van der Waals surface area (Å²) in [5, 5.41) is 21.8. The molecule has 1 aliphatic heterocycles. The Morgan fingerprint density at radius 3 is 2.31 bits per heavy atom. The first-order valence-corrected chi connectivity index (χ1v) is 10.6. The molecule has 2 aromatic rings. The molecule has 32 heavy (non-hydrogen) atoms. The Labute approximate surface area is 187 Å². The highest BCUT2D eigenvalue weighted by atomic mass is 16.6. The number of benzene rings is 1. The highest BCUT2D eigenvalue weighted by Crippen LogP contribution is 2.35. The molecule has 2 heterocycles. The molecule has 0 unspecified atom stereocenters. The van der Waals surface area contributed by atoms with Crippen LogP contribution >= 0.6 is 0 Å². The van der Waals surface area contributed by atoms with E-state index in [0.29, 0.717) is 11.3 Å². The summed E-state index contributed by atoms with van der Waals surface area (Å²) in [6.45, 7) is 10.5. The number of rotatable bonds is 7. The minimum absolute atomic E-state index is 0.00608. The SMILES string of the molecule is CCOC(=O)c1ccc(Nc2ncnc(NC3CC(C)(C)NC(C)(C)C3)c2[N+](=O)[O-])cc1. The Morgan fingerprint density at radius 2 is 1.75 bits per heavy atom. The third-order valence-electron chi connectivity index (χ3n) is 5.19. The highest BCUT2D eigenvalue weighted by molar-refractivity contribution is 5.90. The Morgan fingerprint density at radius 1 is 1.16 bits per heavy atom. The summed E-state index contributed by atoms with van der Waals surface area (Å²) >= 11 is 0. The molecule has 0 spiro atoms. The summed E-state index contributed by atoms with van der Waals surface area (Å²) in [4.78, 5) is 31.5. The molecule has 1 aromatic heterocycles. The number of hydrogen-bond donors (Lipinski definition) is 3. The van der Waals surface area contributed by atoms with Crippen molar-refractivity contribution >= 4 is 29.0 Å². The molecule has 1 fully saturated rings. The molecule has 1 saturated heterocycles. The average Bonchev–Trinajstić information content (AvgIpc) is 2.66.